The lowest BCUT2D eigenvalue weighted by Gasteiger charge is -2.36. The molecular formula is C17H26O3. The summed E-state index contributed by atoms with van der Waals surface area (Å²) in [6, 6.07) is 0. The van der Waals surface area contributed by atoms with Crippen LogP contribution in [0.1, 0.15) is 53.4 Å². The molecule has 3 rings (SSSR count). The van der Waals surface area contributed by atoms with E-state index in [9.17, 15) is 9.59 Å². The van der Waals surface area contributed by atoms with E-state index in [1.165, 1.54) is 19.3 Å². The summed E-state index contributed by atoms with van der Waals surface area (Å²) in [7, 11) is 0. The molecule has 1 saturated heterocycles. The molecule has 0 spiro atoms. The van der Waals surface area contributed by atoms with E-state index in [4.69, 9.17) is 4.74 Å². The maximum absolute atomic E-state index is 12.1. The lowest BCUT2D eigenvalue weighted by atomic mass is 9.65. The SMILES string of the molecule is CC1C2CCC(C2)C1CC(C)C1(C)C(=O)OC(=O)C1C. The molecule has 0 N–H and O–H groups in total. The highest BCUT2D eigenvalue weighted by molar-refractivity contribution is 5.98. The van der Waals surface area contributed by atoms with Gasteiger partial charge in [0.15, 0.2) is 0 Å². The molecule has 3 aliphatic rings. The zero-order valence-electron chi connectivity index (χ0n) is 13.0. The number of fused-ring (bicyclic) bond motifs is 2. The van der Waals surface area contributed by atoms with Crippen molar-refractivity contribution in [2.45, 2.75) is 53.4 Å². The molecule has 1 aliphatic heterocycles. The zero-order chi connectivity index (χ0) is 14.7. The monoisotopic (exact) mass is 278 g/mol. The Labute approximate surface area is 121 Å². The normalized spacial score (nSPS) is 48.7. The third-order valence-corrected chi connectivity index (χ3v) is 7.07. The molecular weight excluding hydrogens is 252 g/mol. The fourth-order valence-corrected chi connectivity index (χ4v) is 5.10. The lowest BCUT2D eigenvalue weighted by molar-refractivity contribution is -0.156. The molecule has 7 unspecified atom stereocenters. The van der Waals surface area contributed by atoms with Crippen LogP contribution in [-0.2, 0) is 14.3 Å². The first-order valence-corrected chi connectivity index (χ1v) is 8.11. The van der Waals surface area contributed by atoms with Gasteiger partial charge in [0.25, 0.3) is 0 Å². The Balaban J connectivity index is 1.75. The summed E-state index contributed by atoms with van der Waals surface area (Å²) in [4.78, 5) is 23.8. The van der Waals surface area contributed by atoms with Crippen molar-refractivity contribution < 1.29 is 14.3 Å². The predicted molar refractivity (Wildman–Crippen MR) is 75.6 cm³/mol. The van der Waals surface area contributed by atoms with Crippen molar-refractivity contribution in [3.05, 3.63) is 0 Å². The van der Waals surface area contributed by atoms with E-state index in [1.807, 2.05) is 13.8 Å². The fourth-order valence-electron chi connectivity index (χ4n) is 5.10. The van der Waals surface area contributed by atoms with Crippen LogP contribution >= 0.6 is 0 Å². The number of esters is 2. The first kappa shape index (κ1) is 14.1. The van der Waals surface area contributed by atoms with Gasteiger partial charge in [-0.15, -0.1) is 0 Å². The standard InChI is InChI=1S/C17H26O3/c1-9(17(4)11(3)15(18)20-16(17)19)7-14-10(2)12-5-6-13(14)8-12/h9-14H,5-8H2,1-4H3. The second kappa shape index (κ2) is 4.57. The molecule has 112 valence electrons. The van der Waals surface area contributed by atoms with Crippen LogP contribution in [0.3, 0.4) is 0 Å². The third-order valence-electron chi connectivity index (χ3n) is 7.07. The van der Waals surface area contributed by atoms with Crippen LogP contribution in [-0.4, -0.2) is 11.9 Å². The minimum atomic E-state index is -0.626. The highest BCUT2D eigenvalue weighted by atomic mass is 16.6. The Bertz CT molecular complexity index is 442. The molecule has 0 aromatic heterocycles. The first-order chi connectivity index (χ1) is 9.35. The van der Waals surface area contributed by atoms with Crippen molar-refractivity contribution in [1.82, 2.24) is 0 Å². The molecule has 3 heteroatoms. The van der Waals surface area contributed by atoms with Gasteiger partial charge in [-0.1, -0.05) is 20.8 Å². The van der Waals surface area contributed by atoms with E-state index in [0.29, 0.717) is 0 Å². The second-order valence-electron chi connectivity index (χ2n) is 7.71. The molecule has 3 fully saturated rings. The zero-order valence-corrected chi connectivity index (χ0v) is 13.0. The van der Waals surface area contributed by atoms with Gasteiger partial charge >= 0.3 is 11.9 Å². The molecule has 2 aliphatic carbocycles. The molecule has 0 radical (unpaired) electrons. The fraction of sp³-hybridized carbons (Fsp3) is 0.882. The van der Waals surface area contributed by atoms with Crippen LogP contribution in [0.25, 0.3) is 0 Å². The van der Waals surface area contributed by atoms with Crippen molar-refractivity contribution in [3.8, 4) is 0 Å². The highest BCUT2D eigenvalue weighted by Gasteiger charge is 2.56. The van der Waals surface area contributed by atoms with Gasteiger partial charge in [0.2, 0.25) is 0 Å². The van der Waals surface area contributed by atoms with Crippen molar-refractivity contribution in [2.24, 2.45) is 40.9 Å². The molecule has 0 aromatic rings. The number of hydrogen-bond donors (Lipinski definition) is 0. The van der Waals surface area contributed by atoms with E-state index in [1.54, 1.807) is 0 Å². The Kier molecular flexibility index (Phi) is 3.22. The molecule has 2 saturated carbocycles. The number of cyclic esters (lactones) is 2. The summed E-state index contributed by atoms with van der Waals surface area (Å²) in [6.07, 6.45) is 5.20. The van der Waals surface area contributed by atoms with E-state index in [2.05, 4.69) is 13.8 Å². The van der Waals surface area contributed by atoms with Gasteiger partial charge in [-0.2, -0.15) is 0 Å². The third kappa shape index (κ3) is 1.78. The van der Waals surface area contributed by atoms with Gasteiger partial charge in [0, 0.05) is 0 Å². The maximum atomic E-state index is 12.1. The molecule has 20 heavy (non-hydrogen) atoms. The van der Waals surface area contributed by atoms with Crippen LogP contribution < -0.4 is 0 Å². The second-order valence-corrected chi connectivity index (χ2v) is 7.71. The summed E-state index contributed by atoms with van der Waals surface area (Å²) in [5.74, 6) is 2.52. The predicted octanol–water partition coefficient (Wildman–Crippen LogP) is 3.42. The van der Waals surface area contributed by atoms with Gasteiger partial charge in [-0.25, -0.2) is 0 Å². The van der Waals surface area contributed by atoms with Gasteiger partial charge in [0.05, 0.1) is 11.3 Å². The van der Waals surface area contributed by atoms with Crippen molar-refractivity contribution in [2.75, 3.05) is 0 Å². The average Bonchev–Trinajstić information content (AvgIpc) is 3.04. The smallest absolute Gasteiger partial charge is 0.320 e. The summed E-state index contributed by atoms with van der Waals surface area (Å²) in [6.45, 7) is 8.28. The molecule has 7 atom stereocenters. The molecule has 2 bridgehead atoms. The van der Waals surface area contributed by atoms with Gasteiger partial charge in [-0.05, 0) is 62.2 Å². The number of ether oxygens (including phenoxy) is 1. The average molecular weight is 278 g/mol. The van der Waals surface area contributed by atoms with E-state index >= 15 is 0 Å². The van der Waals surface area contributed by atoms with Crippen molar-refractivity contribution >= 4 is 11.9 Å². The number of carbonyl (C=O) groups excluding carboxylic acids is 2. The molecule has 0 aromatic carbocycles. The Morgan fingerprint density at radius 3 is 2.40 bits per heavy atom. The van der Waals surface area contributed by atoms with Crippen LogP contribution in [0.15, 0.2) is 0 Å². The number of rotatable bonds is 3. The van der Waals surface area contributed by atoms with Crippen LogP contribution in [0.2, 0.25) is 0 Å². The maximum Gasteiger partial charge on any atom is 0.320 e. The van der Waals surface area contributed by atoms with E-state index in [0.717, 1.165) is 30.1 Å². The molecule has 0 amide bonds. The first-order valence-electron chi connectivity index (χ1n) is 8.11. The van der Waals surface area contributed by atoms with Crippen molar-refractivity contribution in [1.29, 1.82) is 0 Å². The van der Waals surface area contributed by atoms with Gasteiger partial charge in [-0.3, -0.25) is 9.59 Å². The lowest BCUT2D eigenvalue weighted by Crippen LogP contribution is -2.38. The summed E-state index contributed by atoms with van der Waals surface area (Å²) < 4.78 is 4.89. The Hall–Kier alpha value is -0.860. The minimum absolute atomic E-state index is 0.211. The topological polar surface area (TPSA) is 43.4 Å². The van der Waals surface area contributed by atoms with Crippen LogP contribution in [0, 0.1) is 40.9 Å². The van der Waals surface area contributed by atoms with Gasteiger partial charge in [0.1, 0.15) is 0 Å². The van der Waals surface area contributed by atoms with E-state index in [-0.39, 0.29) is 23.8 Å². The summed E-state index contributed by atoms with van der Waals surface area (Å²) >= 11 is 0. The highest BCUT2D eigenvalue weighted by Crippen LogP contribution is 2.56. The Morgan fingerprint density at radius 1 is 1.25 bits per heavy atom. The van der Waals surface area contributed by atoms with Crippen LogP contribution in [0.4, 0.5) is 0 Å². The quantitative estimate of drug-likeness (QED) is 0.587. The molecule has 1 heterocycles. The van der Waals surface area contributed by atoms with Gasteiger partial charge < -0.3 is 4.74 Å². The van der Waals surface area contributed by atoms with E-state index < -0.39 is 5.41 Å². The molecule has 3 nitrogen and oxygen atoms in total. The van der Waals surface area contributed by atoms with Crippen molar-refractivity contribution in [3.63, 3.8) is 0 Å². The minimum Gasteiger partial charge on any atom is -0.392 e. The Morgan fingerprint density at radius 2 is 1.90 bits per heavy atom. The van der Waals surface area contributed by atoms with Crippen LogP contribution in [0.5, 0.6) is 0 Å². The number of hydrogen-bond acceptors (Lipinski definition) is 3. The summed E-state index contributed by atoms with van der Waals surface area (Å²) in [5.41, 5.74) is -0.626. The largest absolute Gasteiger partial charge is 0.392 e. The summed E-state index contributed by atoms with van der Waals surface area (Å²) in [5, 5.41) is 0. The number of carbonyl (C=O) groups is 2.